The minimum Gasteiger partial charge on any atom is -0.334 e. The zero-order valence-corrected chi connectivity index (χ0v) is 9.89. The van der Waals surface area contributed by atoms with Crippen LogP contribution in [0.5, 0.6) is 0 Å². The monoisotopic (exact) mass is 283 g/mol. The Morgan fingerprint density at radius 1 is 1.15 bits per heavy atom. The molecule has 2 rings (SSSR count). The number of rotatable bonds is 3. The quantitative estimate of drug-likeness (QED) is 0.688. The maximum Gasteiger partial charge on any atom is 0.416 e. The number of hydrogen-bond acceptors (Lipinski definition) is 4. The van der Waals surface area contributed by atoms with Gasteiger partial charge in [0.2, 0.25) is 5.82 Å². The summed E-state index contributed by atoms with van der Waals surface area (Å²) in [6.07, 6.45) is -3.07. The van der Waals surface area contributed by atoms with Crippen LogP contribution in [0.25, 0.3) is 0 Å². The van der Waals surface area contributed by atoms with Crippen molar-refractivity contribution < 1.29 is 18.1 Å². The fraction of sp³-hybridized carbons (Fsp3) is 0.0833. The average molecular weight is 283 g/mol. The van der Waals surface area contributed by atoms with Crippen LogP contribution in [0.3, 0.4) is 0 Å². The van der Waals surface area contributed by atoms with Crippen LogP contribution in [0.1, 0.15) is 5.56 Å². The van der Waals surface area contributed by atoms with Crippen molar-refractivity contribution in [3.8, 4) is 0 Å². The number of pyridine rings is 1. The molecule has 1 aromatic carbocycles. The molecule has 0 atom stereocenters. The molecule has 1 aromatic heterocycles. The zero-order valence-electron chi connectivity index (χ0n) is 9.89. The summed E-state index contributed by atoms with van der Waals surface area (Å²) in [5, 5.41) is 13.4. The van der Waals surface area contributed by atoms with E-state index in [1.807, 2.05) is 0 Å². The van der Waals surface area contributed by atoms with E-state index in [9.17, 15) is 23.3 Å². The van der Waals surface area contributed by atoms with Crippen LogP contribution in [-0.2, 0) is 6.18 Å². The van der Waals surface area contributed by atoms with Crippen molar-refractivity contribution in [2.24, 2.45) is 0 Å². The van der Waals surface area contributed by atoms with E-state index in [0.717, 1.165) is 12.1 Å². The lowest BCUT2D eigenvalue weighted by atomic mass is 10.2. The number of nitrogens with one attached hydrogen (secondary N) is 1. The molecule has 8 heteroatoms. The number of alkyl halides is 3. The molecule has 1 N–H and O–H groups in total. The molecule has 0 radical (unpaired) electrons. The maximum absolute atomic E-state index is 12.4. The Morgan fingerprint density at radius 3 is 2.35 bits per heavy atom. The Bertz CT molecular complexity index is 627. The standard InChI is InChI=1S/C12H8F3N3O2/c13-12(14,15)8-3-5-9(6-4-8)17-11-10(18(19)20)2-1-7-16-11/h1-7H,(H,16,17). The van der Waals surface area contributed by atoms with E-state index in [-0.39, 0.29) is 17.2 Å². The normalized spacial score (nSPS) is 11.2. The van der Waals surface area contributed by atoms with Gasteiger partial charge in [0, 0.05) is 18.0 Å². The van der Waals surface area contributed by atoms with Crippen molar-refractivity contribution in [1.29, 1.82) is 0 Å². The first-order valence-electron chi connectivity index (χ1n) is 5.41. The highest BCUT2D eigenvalue weighted by atomic mass is 19.4. The van der Waals surface area contributed by atoms with Crippen LogP contribution in [0, 0.1) is 10.1 Å². The maximum atomic E-state index is 12.4. The average Bonchev–Trinajstić information content (AvgIpc) is 2.38. The molecule has 0 aliphatic rings. The summed E-state index contributed by atoms with van der Waals surface area (Å²) in [4.78, 5) is 13.9. The van der Waals surface area contributed by atoms with Gasteiger partial charge in [-0.2, -0.15) is 13.2 Å². The highest BCUT2D eigenvalue weighted by molar-refractivity contribution is 5.65. The van der Waals surface area contributed by atoms with Crippen molar-refractivity contribution >= 4 is 17.2 Å². The second-order valence-electron chi connectivity index (χ2n) is 3.83. The van der Waals surface area contributed by atoms with Crippen molar-refractivity contribution in [3.63, 3.8) is 0 Å². The lowest BCUT2D eigenvalue weighted by molar-refractivity contribution is -0.384. The SMILES string of the molecule is O=[N+]([O-])c1cccnc1Nc1ccc(C(F)(F)F)cc1. The predicted octanol–water partition coefficient (Wildman–Crippen LogP) is 3.75. The molecular weight excluding hydrogens is 275 g/mol. The first kappa shape index (κ1) is 13.8. The van der Waals surface area contributed by atoms with Gasteiger partial charge in [-0.1, -0.05) is 0 Å². The highest BCUT2D eigenvalue weighted by Gasteiger charge is 2.30. The van der Waals surface area contributed by atoms with Gasteiger partial charge in [0.05, 0.1) is 10.5 Å². The number of halogens is 3. The summed E-state index contributed by atoms with van der Waals surface area (Å²) in [5.74, 6) is -0.0303. The minimum atomic E-state index is -4.42. The molecule has 20 heavy (non-hydrogen) atoms. The summed E-state index contributed by atoms with van der Waals surface area (Å²) in [7, 11) is 0. The number of benzene rings is 1. The second kappa shape index (κ2) is 5.16. The Hall–Kier alpha value is -2.64. The van der Waals surface area contributed by atoms with E-state index in [1.54, 1.807) is 0 Å². The summed E-state index contributed by atoms with van der Waals surface area (Å²) in [6, 6.07) is 6.78. The zero-order chi connectivity index (χ0) is 14.8. The van der Waals surface area contributed by atoms with E-state index in [4.69, 9.17) is 0 Å². The molecule has 0 unspecified atom stereocenters. The molecular formula is C12H8F3N3O2. The fourth-order valence-corrected chi connectivity index (χ4v) is 1.52. The van der Waals surface area contributed by atoms with Gasteiger partial charge in [-0.15, -0.1) is 0 Å². The topological polar surface area (TPSA) is 68.1 Å². The third-order valence-electron chi connectivity index (χ3n) is 2.46. The van der Waals surface area contributed by atoms with Crippen molar-refractivity contribution in [2.75, 3.05) is 5.32 Å². The van der Waals surface area contributed by atoms with E-state index in [0.29, 0.717) is 0 Å². The molecule has 0 saturated heterocycles. The summed E-state index contributed by atoms with van der Waals surface area (Å²) < 4.78 is 37.2. The van der Waals surface area contributed by atoms with Gasteiger partial charge in [-0.3, -0.25) is 10.1 Å². The first-order valence-corrected chi connectivity index (χ1v) is 5.41. The molecule has 5 nitrogen and oxygen atoms in total. The van der Waals surface area contributed by atoms with Gasteiger partial charge in [0.1, 0.15) is 0 Å². The van der Waals surface area contributed by atoms with Crippen LogP contribution in [0.15, 0.2) is 42.6 Å². The molecule has 2 aromatic rings. The van der Waals surface area contributed by atoms with E-state index in [2.05, 4.69) is 10.3 Å². The van der Waals surface area contributed by atoms with Crippen molar-refractivity contribution in [1.82, 2.24) is 4.98 Å². The van der Waals surface area contributed by atoms with Gasteiger partial charge in [-0.25, -0.2) is 4.98 Å². The summed E-state index contributed by atoms with van der Waals surface area (Å²) >= 11 is 0. The van der Waals surface area contributed by atoms with Gasteiger partial charge >= 0.3 is 11.9 Å². The molecule has 104 valence electrons. The highest BCUT2D eigenvalue weighted by Crippen LogP contribution is 2.31. The smallest absolute Gasteiger partial charge is 0.334 e. The number of nitrogens with zero attached hydrogens (tertiary/aromatic N) is 2. The molecule has 0 bridgehead atoms. The number of aromatic nitrogens is 1. The fourth-order valence-electron chi connectivity index (χ4n) is 1.52. The molecule has 0 amide bonds. The van der Waals surface area contributed by atoms with Gasteiger partial charge in [0.25, 0.3) is 0 Å². The Kier molecular flexibility index (Phi) is 3.55. The van der Waals surface area contributed by atoms with Crippen LogP contribution in [0.4, 0.5) is 30.4 Å². The van der Waals surface area contributed by atoms with Crippen LogP contribution in [0.2, 0.25) is 0 Å². The second-order valence-corrected chi connectivity index (χ2v) is 3.83. The minimum absolute atomic E-state index is 0.0303. The Balaban J connectivity index is 2.25. The Labute approximate surface area is 111 Å². The number of hydrogen-bond donors (Lipinski definition) is 1. The Morgan fingerprint density at radius 2 is 1.80 bits per heavy atom. The molecule has 0 fully saturated rings. The van der Waals surface area contributed by atoms with Crippen molar-refractivity contribution in [2.45, 2.75) is 6.18 Å². The number of nitro groups is 1. The molecule has 1 heterocycles. The lowest BCUT2D eigenvalue weighted by Crippen LogP contribution is -2.05. The largest absolute Gasteiger partial charge is 0.416 e. The number of anilines is 2. The molecule has 0 aliphatic heterocycles. The first-order chi connectivity index (χ1) is 9.38. The summed E-state index contributed by atoms with van der Waals surface area (Å²) in [5.41, 5.74) is -0.772. The third-order valence-corrected chi connectivity index (χ3v) is 2.46. The van der Waals surface area contributed by atoms with Crippen LogP contribution < -0.4 is 5.32 Å². The molecule has 0 aliphatic carbocycles. The molecule has 0 spiro atoms. The van der Waals surface area contributed by atoms with E-state index < -0.39 is 16.7 Å². The van der Waals surface area contributed by atoms with E-state index >= 15 is 0 Å². The molecule has 0 saturated carbocycles. The van der Waals surface area contributed by atoms with Gasteiger partial charge < -0.3 is 5.32 Å². The summed E-state index contributed by atoms with van der Waals surface area (Å²) in [6.45, 7) is 0. The van der Waals surface area contributed by atoms with Gasteiger partial charge in [0.15, 0.2) is 0 Å². The third kappa shape index (κ3) is 3.02. The van der Waals surface area contributed by atoms with Crippen LogP contribution >= 0.6 is 0 Å². The predicted molar refractivity (Wildman–Crippen MR) is 65.6 cm³/mol. The van der Waals surface area contributed by atoms with E-state index in [1.165, 1.54) is 30.5 Å². The van der Waals surface area contributed by atoms with Gasteiger partial charge in [-0.05, 0) is 30.3 Å². The van der Waals surface area contributed by atoms with Crippen molar-refractivity contribution in [3.05, 3.63) is 58.3 Å². The lowest BCUT2D eigenvalue weighted by Gasteiger charge is -2.09. The van der Waals surface area contributed by atoms with Crippen LogP contribution in [-0.4, -0.2) is 9.91 Å².